The van der Waals surface area contributed by atoms with Gasteiger partial charge in [0, 0.05) is 19.2 Å². The highest BCUT2D eigenvalue weighted by Gasteiger charge is 2.41. The lowest BCUT2D eigenvalue weighted by Gasteiger charge is -2.20. The molecule has 2 aromatic rings. The van der Waals surface area contributed by atoms with Crippen molar-refractivity contribution in [2.45, 2.75) is 25.4 Å². The van der Waals surface area contributed by atoms with Gasteiger partial charge in [0.25, 0.3) is 5.91 Å². The van der Waals surface area contributed by atoms with E-state index in [0.29, 0.717) is 24.4 Å². The Kier molecular flexibility index (Phi) is 3.42. The Morgan fingerprint density at radius 2 is 2.43 bits per heavy atom. The minimum atomic E-state index is -1.13. The first kappa shape index (κ1) is 13.7. The van der Waals surface area contributed by atoms with Crippen LogP contribution in [0.2, 0.25) is 0 Å². The number of nitrogens with zero attached hydrogens (tertiary/aromatic N) is 4. The van der Waals surface area contributed by atoms with Crippen molar-refractivity contribution < 1.29 is 9.90 Å². The van der Waals surface area contributed by atoms with Crippen LogP contribution in [0.1, 0.15) is 35.1 Å². The van der Waals surface area contributed by atoms with Crippen LogP contribution in [0.4, 0.5) is 0 Å². The van der Waals surface area contributed by atoms with Crippen LogP contribution in [0.25, 0.3) is 0 Å². The minimum Gasteiger partial charge on any atom is -0.381 e. The largest absolute Gasteiger partial charge is 0.381 e. The summed E-state index contributed by atoms with van der Waals surface area (Å²) in [5, 5.41) is 20.7. The number of amides is 1. The molecule has 0 spiro atoms. The molecule has 1 fully saturated rings. The molecule has 3 heterocycles. The molecule has 0 radical (unpaired) electrons. The summed E-state index contributed by atoms with van der Waals surface area (Å²) in [4.78, 5) is 18.2. The Labute approximate surface area is 122 Å². The molecule has 1 aliphatic heterocycles. The third-order valence-electron chi connectivity index (χ3n) is 3.88. The molecule has 0 aliphatic carbocycles. The predicted molar refractivity (Wildman–Crippen MR) is 74.4 cm³/mol. The zero-order valence-electron chi connectivity index (χ0n) is 11.8. The molecule has 1 atom stereocenters. The van der Waals surface area contributed by atoms with Crippen LogP contribution in [0.3, 0.4) is 0 Å². The SMILES string of the molecule is CCc1ccnc(C(=O)N2CC[C@](O)(c3cn[nH]n3)C2)c1. The number of nitrogens with one attached hydrogen (secondary N) is 1. The number of H-pyrrole nitrogens is 1. The molecule has 21 heavy (non-hydrogen) atoms. The first-order valence-corrected chi connectivity index (χ1v) is 6.95. The molecule has 2 aromatic heterocycles. The summed E-state index contributed by atoms with van der Waals surface area (Å²) in [6.45, 7) is 2.71. The normalized spacial score (nSPS) is 21.7. The zero-order valence-corrected chi connectivity index (χ0v) is 11.8. The predicted octanol–water partition coefficient (Wildman–Crippen LogP) is 0.496. The molecule has 7 nitrogen and oxygen atoms in total. The molecule has 1 amide bonds. The molecular weight excluding hydrogens is 270 g/mol. The molecule has 0 saturated carbocycles. The van der Waals surface area contributed by atoms with Crippen LogP contribution < -0.4 is 0 Å². The van der Waals surface area contributed by atoms with Crippen LogP contribution in [0.5, 0.6) is 0 Å². The molecule has 0 bridgehead atoms. The topological polar surface area (TPSA) is 95.0 Å². The molecule has 0 aromatic carbocycles. The van der Waals surface area contributed by atoms with Crippen LogP contribution in [-0.4, -0.2) is 49.4 Å². The van der Waals surface area contributed by atoms with Crippen molar-refractivity contribution in [3.8, 4) is 0 Å². The van der Waals surface area contributed by atoms with E-state index in [9.17, 15) is 9.90 Å². The van der Waals surface area contributed by atoms with Gasteiger partial charge in [-0.25, -0.2) is 0 Å². The number of hydrogen-bond donors (Lipinski definition) is 2. The number of carbonyl (C=O) groups is 1. The number of aliphatic hydroxyl groups is 1. The fourth-order valence-electron chi connectivity index (χ4n) is 2.58. The van der Waals surface area contributed by atoms with Gasteiger partial charge in [0.1, 0.15) is 17.0 Å². The summed E-state index contributed by atoms with van der Waals surface area (Å²) in [5.74, 6) is -0.162. The smallest absolute Gasteiger partial charge is 0.272 e. The summed E-state index contributed by atoms with van der Waals surface area (Å²) in [5.41, 5.74) is 0.816. The highest BCUT2D eigenvalue weighted by atomic mass is 16.3. The molecule has 2 N–H and O–H groups in total. The number of aromatic nitrogens is 4. The molecule has 1 saturated heterocycles. The fraction of sp³-hybridized carbons (Fsp3) is 0.429. The Balaban J connectivity index is 1.78. The van der Waals surface area contributed by atoms with Gasteiger partial charge in [-0.3, -0.25) is 9.78 Å². The lowest BCUT2D eigenvalue weighted by molar-refractivity contribution is 0.0380. The van der Waals surface area contributed by atoms with Crippen molar-refractivity contribution in [1.82, 2.24) is 25.3 Å². The van der Waals surface area contributed by atoms with Gasteiger partial charge in [-0.15, -0.1) is 0 Å². The van der Waals surface area contributed by atoms with E-state index in [0.717, 1.165) is 12.0 Å². The summed E-state index contributed by atoms with van der Waals surface area (Å²) < 4.78 is 0. The number of likely N-dealkylation sites (tertiary alicyclic amines) is 1. The minimum absolute atomic E-state index is 0.162. The van der Waals surface area contributed by atoms with Crippen molar-refractivity contribution in [2.24, 2.45) is 0 Å². The first-order chi connectivity index (χ1) is 10.1. The highest BCUT2D eigenvalue weighted by molar-refractivity contribution is 5.92. The Hall–Kier alpha value is -2.28. The Bertz CT molecular complexity index is 643. The zero-order chi connectivity index (χ0) is 14.9. The number of pyridine rings is 1. The maximum absolute atomic E-state index is 12.5. The summed E-state index contributed by atoms with van der Waals surface area (Å²) >= 11 is 0. The third-order valence-corrected chi connectivity index (χ3v) is 3.88. The van der Waals surface area contributed by atoms with Gasteiger partial charge in [0.05, 0.1) is 12.7 Å². The number of aryl methyl sites for hydroxylation is 1. The first-order valence-electron chi connectivity index (χ1n) is 6.95. The van der Waals surface area contributed by atoms with E-state index < -0.39 is 5.60 Å². The van der Waals surface area contributed by atoms with E-state index in [1.165, 1.54) is 6.20 Å². The van der Waals surface area contributed by atoms with Crippen molar-refractivity contribution >= 4 is 5.91 Å². The standard InChI is InChI=1S/C14H17N5O2/c1-2-10-3-5-15-11(7-10)13(20)19-6-4-14(21,9-19)12-8-16-18-17-12/h3,5,7-8,21H,2,4,6,9H2,1H3,(H,16,17,18)/t14-/m1/s1. The van der Waals surface area contributed by atoms with E-state index >= 15 is 0 Å². The van der Waals surface area contributed by atoms with Gasteiger partial charge in [0.15, 0.2) is 0 Å². The molecule has 0 unspecified atom stereocenters. The van der Waals surface area contributed by atoms with Crippen LogP contribution in [-0.2, 0) is 12.0 Å². The summed E-state index contributed by atoms with van der Waals surface area (Å²) in [6.07, 6.45) is 4.43. The van der Waals surface area contributed by atoms with Gasteiger partial charge in [-0.05, 0) is 24.1 Å². The van der Waals surface area contributed by atoms with E-state index in [4.69, 9.17) is 0 Å². The highest BCUT2D eigenvalue weighted by Crippen LogP contribution is 2.30. The molecule has 3 rings (SSSR count). The monoisotopic (exact) mass is 287 g/mol. The Morgan fingerprint density at radius 3 is 3.14 bits per heavy atom. The van der Waals surface area contributed by atoms with Gasteiger partial charge in [-0.1, -0.05) is 6.92 Å². The fourth-order valence-corrected chi connectivity index (χ4v) is 2.58. The molecule has 1 aliphatic rings. The second-order valence-corrected chi connectivity index (χ2v) is 5.27. The average molecular weight is 287 g/mol. The van der Waals surface area contributed by atoms with Crippen molar-refractivity contribution in [1.29, 1.82) is 0 Å². The average Bonchev–Trinajstić information content (AvgIpc) is 3.17. The van der Waals surface area contributed by atoms with Gasteiger partial charge in [-0.2, -0.15) is 15.4 Å². The second-order valence-electron chi connectivity index (χ2n) is 5.27. The van der Waals surface area contributed by atoms with Gasteiger partial charge in [0.2, 0.25) is 0 Å². The van der Waals surface area contributed by atoms with Crippen LogP contribution in [0, 0.1) is 0 Å². The number of carbonyl (C=O) groups excluding carboxylic acids is 1. The van der Waals surface area contributed by atoms with Crippen molar-refractivity contribution in [3.63, 3.8) is 0 Å². The Morgan fingerprint density at radius 1 is 1.57 bits per heavy atom. The number of hydrogen-bond acceptors (Lipinski definition) is 5. The van der Waals surface area contributed by atoms with Gasteiger partial charge < -0.3 is 10.0 Å². The van der Waals surface area contributed by atoms with E-state index in [-0.39, 0.29) is 12.5 Å². The third kappa shape index (κ3) is 2.52. The maximum atomic E-state index is 12.5. The summed E-state index contributed by atoms with van der Waals surface area (Å²) in [7, 11) is 0. The quantitative estimate of drug-likeness (QED) is 0.857. The number of β-amino-alcohol motifs (C(OH)–C–C–N with tert-alkyl or cyclic N) is 1. The van der Waals surface area contributed by atoms with E-state index in [1.807, 2.05) is 13.0 Å². The van der Waals surface area contributed by atoms with Crippen LogP contribution in [0.15, 0.2) is 24.5 Å². The van der Waals surface area contributed by atoms with Gasteiger partial charge >= 0.3 is 0 Å². The van der Waals surface area contributed by atoms with E-state index in [2.05, 4.69) is 20.4 Å². The lowest BCUT2D eigenvalue weighted by atomic mass is 10.00. The molecular formula is C14H17N5O2. The maximum Gasteiger partial charge on any atom is 0.272 e. The number of rotatable bonds is 3. The lowest BCUT2D eigenvalue weighted by Crippen LogP contribution is -2.35. The molecule has 110 valence electrons. The van der Waals surface area contributed by atoms with Crippen molar-refractivity contribution in [3.05, 3.63) is 41.5 Å². The second kappa shape index (κ2) is 5.25. The van der Waals surface area contributed by atoms with Crippen LogP contribution >= 0.6 is 0 Å². The number of aromatic amines is 1. The van der Waals surface area contributed by atoms with E-state index in [1.54, 1.807) is 17.2 Å². The molecule has 7 heteroatoms. The summed E-state index contributed by atoms with van der Waals surface area (Å²) in [6, 6.07) is 3.70. The van der Waals surface area contributed by atoms with Crippen molar-refractivity contribution in [2.75, 3.05) is 13.1 Å².